The zero-order valence-electron chi connectivity index (χ0n) is 7.15. The third-order valence-electron chi connectivity index (χ3n) is 1.55. The van der Waals surface area contributed by atoms with Gasteiger partial charge in [0.25, 0.3) is 0 Å². The number of ether oxygens (including phenoxy) is 1. The Morgan fingerprint density at radius 3 is 2.69 bits per heavy atom. The van der Waals surface area contributed by atoms with E-state index < -0.39 is 5.97 Å². The summed E-state index contributed by atoms with van der Waals surface area (Å²) in [5.41, 5.74) is 0.681. The first kappa shape index (κ1) is 9.25. The van der Waals surface area contributed by atoms with Gasteiger partial charge in [-0.3, -0.25) is 0 Å². The minimum absolute atomic E-state index is 0.00709. The highest BCUT2D eigenvalue weighted by molar-refractivity contribution is 5.85. The minimum atomic E-state index is -1.05. The molecule has 1 aromatic heterocycles. The van der Waals surface area contributed by atoms with Crippen LogP contribution in [-0.4, -0.2) is 23.2 Å². The monoisotopic (exact) mass is 179 g/mol. The number of nitrogens with zero attached hydrogens (tertiary/aromatic N) is 1. The molecule has 0 radical (unpaired) electrons. The summed E-state index contributed by atoms with van der Waals surface area (Å²) in [5, 5.41) is 8.56. The maximum absolute atomic E-state index is 10.4. The highest BCUT2D eigenvalue weighted by Gasteiger charge is 2.04. The molecule has 1 N–H and O–H groups in total. The van der Waals surface area contributed by atoms with Crippen molar-refractivity contribution in [1.82, 2.24) is 4.98 Å². The molecular weight excluding hydrogens is 170 g/mol. The highest BCUT2D eigenvalue weighted by Crippen LogP contribution is 2.11. The van der Waals surface area contributed by atoms with E-state index >= 15 is 0 Å². The van der Waals surface area contributed by atoms with Crippen LogP contribution in [0, 0.1) is 0 Å². The Kier molecular flexibility index (Phi) is 2.64. The molecule has 0 bridgehead atoms. The van der Waals surface area contributed by atoms with E-state index in [-0.39, 0.29) is 5.69 Å². The van der Waals surface area contributed by atoms with Crippen molar-refractivity contribution in [2.75, 3.05) is 7.11 Å². The Hall–Kier alpha value is -1.84. The molecule has 0 saturated carbocycles. The van der Waals surface area contributed by atoms with Crippen LogP contribution in [-0.2, 0) is 4.74 Å². The summed E-state index contributed by atoms with van der Waals surface area (Å²) in [4.78, 5) is 14.1. The topological polar surface area (TPSA) is 59.4 Å². The molecule has 1 heterocycles. The second-order valence-electron chi connectivity index (χ2n) is 2.36. The molecule has 0 amide bonds. The van der Waals surface area contributed by atoms with Crippen molar-refractivity contribution in [2.45, 2.75) is 0 Å². The van der Waals surface area contributed by atoms with Gasteiger partial charge >= 0.3 is 5.97 Å². The predicted molar refractivity (Wildman–Crippen MR) is 47.2 cm³/mol. The maximum atomic E-state index is 10.4. The van der Waals surface area contributed by atoms with E-state index in [1.165, 1.54) is 19.4 Å². The zero-order chi connectivity index (χ0) is 9.84. The molecule has 0 fully saturated rings. The first-order chi connectivity index (χ1) is 6.15. The van der Waals surface area contributed by atoms with Gasteiger partial charge in [0.15, 0.2) is 0 Å². The van der Waals surface area contributed by atoms with E-state index in [9.17, 15) is 4.79 Å². The van der Waals surface area contributed by atoms with Crippen LogP contribution in [0.15, 0.2) is 24.9 Å². The maximum Gasteiger partial charge on any atom is 0.354 e. The highest BCUT2D eigenvalue weighted by atomic mass is 16.5. The van der Waals surface area contributed by atoms with E-state index in [1.807, 2.05) is 0 Å². The molecule has 68 valence electrons. The molecule has 4 nitrogen and oxygen atoms in total. The molecule has 1 aromatic rings. The Labute approximate surface area is 75.5 Å². The van der Waals surface area contributed by atoms with E-state index in [2.05, 4.69) is 11.6 Å². The van der Waals surface area contributed by atoms with Gasteiger partial charge in [-0.05, 0) is 12.1 Å². The standard InChI is InChI=1S/C9H9NO3/c1-6(13-2)7-3-4-8(9(11)12)10-5-7/h3-5H,1H2,2H3,(H,11,12). The lowest BCUT2D eigenvalue weighted by molar-refractivity contribution is 0.0690. The largest absolute Gasteiger partial charge is 0.497 e. The molecule has 0 unspecified atom stereocenters. The second-order valence-corrected chi connectivity index (χ2v) is 2.36. The number of aromatic nitrogens is 1. The molecular formula is C9H9NO3. The van der Waals surface area contributed by atoms with E-state index in [0.717, 1.165) is 0 Å². The van der Waals surface area contributed by atoms with Crippen molar-refractivity contribution in [3.8, 4) is 0 Å². The Bertz CT molecular complexity index is 329. The molecule has 0 aliphatic carbocycles. The number of carboxylic acids is 1. The molecule has 0 atom stereocenters. The van der Waals surface area contributed by atoms with Gasteiger partial charge in [0, 0.05) is 11.8 Å². The van der Waals surface area contributed by atoms with E-state index in [0.29, 0.717) is 11.3 Å². The summed E-state index contributed by atoms with van der Waals surface area (Å²) in [7, 11) is 1.49. The number of carbonyl (C=O) groups is 1. The van der Waals surface area contributed by atoms with Gasteiger partial charge in [-0.25, -0.2) is 9.78 Å². The smallest absolute Gasteiger partial charge is 0.354 e. The van der Waals surface area contributed by atoms with Crippen LogP contribution in [0.25, 0.3) is 5.76 Å². The summed E-state index contributed by atoms with van der Waals surface area (Å²) in [6.07, 6.45) is 1.41. The fourth-order valence-corrected chi connectivity index (χ4v) is 0.803. The molecule has 0 spiro atoms. The van der Waals surface area contributed by atoms with Gasteiger partial charge in [-0.2, -0.15) is 0 Å². The summed E-state index contributed by atoms with van der Waals surface area (Å²) in [5.74, 6) is -0.584. The average Bonchev–Trinajstić information content (AvgIpc) is 2.17. The van der Waals surface area contributed by atoms with Crippen molar-refractivity contribution in [1.29, 1.82) is 0 Å². The van der Waals surface area contributed by atoms with Gasteiger partial charge in [0.1, 0.15) is 11.5 Å². The Balaban J connectivity index is 2.93. The number of rotatable bonds is 3. The van der Waals surface area contributed by atoms with Crippen LogP contribution in [0.3, 0.4) is 0 Å². The van der Waals surface area contributed by atoms with Crippen molar-refractivity contribution < 1.29 is 14.6 Å². The Morgan fingerprint density at radius 2 is 2.31 bits per heavy atom. The molecule has 13 heavy (non-hydrogen) atoms. The van der Waals surface area contributed by atoms with Crippen LogP contribution in [0.2, 0.25) is 0 Å². The minimum Gasteiger partial charge on any atom is -0.497 e. The van der Waals surface area contributed by atoms with Crippen LogP contribution in [0.5, 0.6) is 0 Å². The number of pyridine rings is 1. The fourth-order valence-electron chi connectivity index (χ4n) is 0.803. The van der Waals surface area contributed by atoms with Crippen molar-refractivity contribution in [3.63, 3.8) is 0 Å². The van der Waals surface area contributed by atoms with Crippen molar-refractivity contribution >= 4 is 11.7 Å². The normalized spacial score (nSPS) is 9.31. The predicted octanol–water partition coefficient (Wildman–Crippen LogP) is 1.40. The molecule has 0 aliphatic rings. The van der Waals surface area contributed by atoms with Gasteiger partial charge < -0.3 is 9.84 Å². The Morgan fingerprint density at radius 1 is 1.62 bits per heavy atom. The van der Waals surface area contributed by atoms with Crippen LogP contribution >= 0.6 is 0 Å². The molecule has 0 saturated heterocycles. The fraction of sp³-hybridized carbons (Fsp3) is 0.111. The number of carboxylic acid groups (broad SMARTS) is 1. The summed E-state index contributed by atoms with van der Waals surface area (Å²) in [6, 6.07) is 3.00. The quantitative estimate of drug-likeness (QED) is 0.712. The third kappa shape index (κ3) is 2.05. The zero-order valence-corrected chi connectivity index (χ0v) is 7.15. The van der Waals surface area contributed by atoms with Gasteiger partial charge in [-0.1, -0.05) is 6.58 Å². The first-order valence-corrected chi connectivity index (χ1v) is 3.57. The lowest BCUT2D eigenvalue weighted by Crippen LogP contribution is -2.00. The van der Waals surface area contributed by atoms with Crippen LogP contribution in [0.1, 0.15) is 16.1 Å². The van der Waals surface area contributed by atoms with Gasteiger partial charge in [0.2, 0.25) is 0 Å². The van der Waals surface area contributed by atoms with Gasteiger partial charge in [-0.15, -0.1) is 0 Å². The van der Waals surface area contributed by atoms with E-state index in [1.54, 1.807) is 6.07 Å². The number of hydrogen-bond donors (Lipinski definition) is 1. The third-order valence-corrected chi connectivity index (χ3v) is 1.55. The van der Waals surface area contributed by atoms with Crippen LogP contribution in [0.4, 0.5) is 0 Å². The van der Waals surface area contributed by atoms with Crippen molar-refractivity contribution in [2.24, 2.45) is 0 Å². The lowest BCUT2D eigenvalue weighted by Gasteiger charge is -2.02. The number of hydrogen-bond acceptors (Lipinski definition) is 3. The number of methoxy groups -OCH3 is 1. The molecule has 0 aliphatic heterocycles. The SMILES string of the molecule is C=C(OC)c1ccc(C(=O)O)nc1. The second kappa shape index (κ2) is 3.71. The lowest BCUT2D eigenvalue weighted by atomic mass is 10.2. The van der Waals surface area contributed by atoms with Crippen LogP contribution < -0.4 is 0 Å². The molecule has 1 rings (SSSR count). The molecule has 0 aromatic carbocycles. The van der Waals surface area contributed by atoms with Crippen molar-refractivity contribution in [3.05, 3.63) is 36.2 Å². The summed E-state index contributed by atoms with van der Waals surface area (Å²) < 4.78 is 4.85. The average molecular weight is 179 g/mol. The van der Waals surface area contributed by atoms with Gasteiger partial charge in [0.05, 0.1) is 7.11 Å². The first-order valence-electron chi connectivity index (χ1n) is 3.57. The molecule has 4 heteroatoms. The summed E-state index contributed by atoms with van der Waals surface area (Å²) >= 11 is 0. The van der Waals surface area contributed by atoms with E-state index in [4.69, 9.17) is 9.84 Å². The number of aromatic carboxylic acids is 1. The summed E-state index contributed by atoms with van der Waals surface area (Å²) in [6.45, 7) is 3.61.